The summed E-state index contributed by atoms with van der Waals surface area (Å²) >= 11 is 0. The molecule has 0 aromatic heterocycles. The second kappa shape index (κ2) is 9.83. The van der Waals surface area contributed by atoms with Crippen molar-refractivity contribution in [1.29, 1.82) is 0 Å². The summed E-state index contributed by atoms with van der Waals surface area (Å²) in [5.41, 5.74) is 5.19. The maximum absolute atomic E-state index is 6.28. The fourth-order valence-electron chi connectivity index (χ4n) is 2.32. The molecule has 0 heterocycles. The Hall–Kier alpha value is -2.34. The highest BCUT2D eigenvalue weighted by Crippen LogP contribution is 2.23. The van der Waals surface area contributed by atoms with Crippen LogP contribution in [0.3, 0.4) is 0 Å². The normalized spacial score (nSPS) is 13.5. The van der Waals surface area contributed by atoms with E-state index in [0.717, 1.165) is 16.7 Å². The third-order valence-corrected chi connectivity index (χ3v) is 3.45. The Kier molecular flexibility index (Phi) is 8.14. The molecule has 0 aliphatic rings. The van der Waals surface area contributed by atoms with Gasteiger partial charge in [-0.15, -0.1) is 6.58 Å². The monoisotopic (exact) mass is 314 g/mol. The Morgan fingerprint density at radius 2 is 1.60 bits per heavy atom. The van der Waals surface area contributed by atoms with Crippen LogP contribution in [0.25, 0.3) is 5.57 Å². The van der Waals surface area contributed by atoms with Crippen molar-refractivity contribution in [2.24, 2.45) is 0 Å². The Balaban J connectivity index is 3.44. The van der Waals surface area contributed by atoms with Crippen molar-refractivity contribution in [1.82, 2.24) is 0 Å². The summed E-state index contributed by atoms with van der Waals surface area (Å²) in [6.45, 7) is 13.2. The molecular weight excluding hydrogens is 295 g/mol. The van der Waals surface area contributed by atoms with Crippen molar-refractivity contribution in [2.45, 2.75) is 6.92 Å². The van der Waals surface area contributed by atoms with E-state index < -0.39 is 0 Å². The van der Waals surface area contributed by atoms with E-state index in [1.54, 1.807) is 24.3 Å². The van der Waals surface area contributed by atoms with Crippen molar-refractivity contribution in [3.8, 4) is 0 Å². The van der Waals surface area contributed by atoms with Crippen molar-refractivity contribution in [3.05, 3.63) is 102 Å². The zero-order valence-corrected chi connectivity index (χ0v) is 14.6. The average Bonchev–Trinajstić information content (AvgIpc) is 2.52. The van der Waals surface area contributed by atoms with Gasteiger partial charge in [0, 0.05) is 0 Å². The lowest BCUT2D eigenvalue weighted by molar-refractivity contribution is 1.50. The number of allylic oxidation sites excluding steroid dienone is 11. The summed E-state index contributed by atoms with van der Waals surface area (Å²) in [5, 5.41) is 0. The molecule has 0 bridgehead atoms. The van der Waals surface area contributed by atoms with E-state index in [2.05, 4.69) is 19.7 Å². The van der Waals surface area contributed by atoms with E-state index in [1.165, 1.54) is 0 Å². The Morgan fingerprint density at radius 1 is 1.00 bits per heavy atom. The summed E-state index contributed by atoms with van der Waals surface area (Å²) in [5.74, 6) is 0. The first-order chi connectivity index (χ1) is 11.8. The van der Waals surface area contributed by atoms with Crippen molar-refractivity contribution in [2.75, 3.05) is 0 Å². The van der Waals surface area contributed by atoms with Crippen molar-refractivity contribution < 1.29 is 0 Å². The van der Waals surface area contributed by atoms with Crippen LogP contribution in [-0.4, -0.2) is 31.4 Å². The van der Waals surface area contributed by atoms with Crippen LogP contribution in [-0.2, 0) is 0 Å². The summed E-state index contributed by atoms with van der Waals surface area (Å²) in [6.07, 6.45) is 10.6. The molecular formula is C21H18B4. The van der Waals surface area contributed by atoms with E-state index in [4.69, 9.17) is 31.4 Å². The van der Waals surface area contributed by atoms with E-state index in [1.807, 2.05) is 37.3 Å². The number of rotatable bonds is 7. The van der Waals surface area contributed by atoms with Gasteiger partial charge in [0.05, 0.1) is 0 Å². The van der Waals surface area contributed by atoms with Crippen molar-refractivity contribution >= 4 is 47.9 Å². The third kappa shape index (κ3) is 6.23. The minimum Gasteiger partial charge on any atom is -0.106 e. The van der Waals surface area contributed by atoms with E-state index in [0.29, 0.717) is 27.4 Å². The Labute approximate surface area is 157 Å². The van der Waals surface area contributed by atoms with Gasteiger partial charge < -0.3 is 0 Å². The first-order valence-corrected chi connectivity index (χ1v) is 7.71. The molecule has 1 rings (SSSR count). The highest BCUT2D eigenvalue weighted by molar-refractivity contribution is 6.38. The van der Waals surface area contributed by atoms with Gasteiger partial charge in [-0.1, -0.05) is 89.7 Å². The van der Waals surface area contributed by atoms with Gasteiger partial charge in [-0.2, -0.15) is 0 Å². The molecule has 0 aliphatic heterocycles. The highest BCUT2D eigenvalue weighted by atomic mass is 14.1. The van der Waals surface area contributed by atoms with Gasteiger partial charge in [-0.05, 0) is 29.2 Å². The second-order valence-electron chi connectivity index (χ2n) is 5.52. The van der Waals surface area contributed by atoms with Crippen LogP contribution in [0.5, 0.6) is 0 Å². The molecule has 0 spiro atoms. The van der Waals surface area contributed by atoms with Crippen LogP contribution in [0.15, 0.2) is 96.5 Å². The van der Waals surface area contributed by atoms with Gasteiger partial charge in [0.2, 0.25) is 0 Å². The predicted octanol–water partition coefficient (Wildman–Crippen LogP) is 2.64. The average molecular weight is 314 g/mol. The van der Waals surface area contributed by atoms with Crippen LogP contribution in [0.1, 0.15) is 12.5 Å². The lowest BCUT2D eigenvalue weighted by atomic mass is 9.75. The number of benzene rings is 1. The Morgan fingerprint density at radius 3 is 2.08 bits per heavy atom. The summed E-state index contributed by atoms with van der Waals surface area (Å²) in [6, 6.07) is 5.38. The van der Waals surface area contributed by atoms with Crippen LogP contribution in [0.4, 0.5) is 0 Å². The molecule has 0 atom stereocenters. The topological polar surface area (TPSA) is 0 Å². The molecule has 0 amide bonds. The third-order valence-electron chi connectivity index (χ3n) is 3.45. The fraction of sp³-hybridized carbons (Fsp3) is 0.0476. The zero-order valence-electron chi connectivity index (χ0n) is 14.6. The predicted molar refractivity (Wildman–Crippen MR) is 116 cm³/mol. The van der Waals surface area contributed by atoms with Crippen LogP contribution < -0.4 is 10.9 Å². The van der Waals surface area contributed by atoms with E-state index in [9.17, 15) is 0 Å². The van der Waals surface area contributed by atoms with Crippen molar-refractivity contribution in [3.63, 3.8) is 0 Å². The molecule has 0 N–H and O–H groups in total. The lowest BCUT2D eigenvalue weighted by Crippen LogP contribution is -2.14. The van der Waals surface area contributed by atoms with Crippen LogP contribution in [0, 0.1) is 0 Å². The number of hydrogen-bond acceptors (Lipinski definition) is 0. The molecule has 0 unspecified atom stereocenters. The minimum absolute atomic E-state index is 0.354. The zero-order chi connectivity index (χ0) is 19.0. The van der Waals surface area contributed by atoms with Gasteiger partial charge in [0.1, 0.15) is 31.4 Å². The quantitative estimate of drug-likeness (QED) is 0.536. The molecule has 8 radical (unpaired) electrons. The molecule has 4 heteroatoms. The molecule has 114 valence electrons. The maximum Gasteiger partial charge on any atom is 0.114 e. The molecule has 0 nitrogen and oxygen atoms in total. The van der Waals surface area contributed by atoms with Gasteiger partial charge in [0.15, 0.2) is 0 Å². The van der Waals surface area contributed by atoms with Gasteiger partial charge in [-0.3, -0.25) is 0 Å². The maximum atomic E-state index is 6.28. The van der Waals surface area contributed by atoms with Gasteiger partial charge in [-0.25, -0.2) is 0 Å². The summed E-state index contributed by atoms with van der Waals surface area (Å²) in [4.78, 5) is 0. The van der Waals surface area contributed by atoms with Crippen LogP contribution >= 0.6 is 0 Å². The van der Waals surface area contributed by atoms with Gasteiger partial charge >= 0.3 is 0 Å². The van der Waals surface area contributed by atoms with E-state index in [-0.39, 0.29) is 0 Å². The fourth-order valence-corrected chi connectivity index (χ4v) is 2.32. The van der Waals surface area contributed by atoms with E-state index >= 15 is 0 Å². The minimum atomic E-state index is 0.354. The molecule has 0 aliphatic carbocycles. The molecule has 25 heavy (non-hydrogen) atoms. The highest BCUT2D eigenvalue weighted by Gasteiger charge is 2.06. The van der Waals surface area contributed by atoms with Crippen LogP contribution in [0.2, 0.25) is 0 Å². The first-order valence-electron chi connectivity index (χ1n) is 7.71. The molecule has 0 saturated heterocycles. The Bertz CT molecular complexity index is 785. The smallest absolute Gasteiger partial charge is 0.106 e. The molecule has 0 fully saturated rings. The summed E-state index contributed by atoms with van der Waals surface area (Å²) in [7, 11) is 23.9. The number of hydrogen-bond donors (Lipinski definition) is 0. The SMILES string of the molecule is [B]C(=C)C(/C(C=C)=C/C=C\C=C)=C([B])\C=C(/C)c1cc([B])cc([B])c1. The van der Waals surface area contributed by atoms with Gasteiger partial charge in [0.25, 0.3) is 0 Å². The molecule has 1 aromatic rings. The standard InChI is InChI=1S/C21H18B4/c1-5-7-8-9-16(6-2)21(15(4)22)20(25)10-14(3)17-11-18(23)13-19(24)12-17/h5-13H,1-2,4H2,3H3/b8-7-,14-10+,16-9+,21-20-. The second-order valence-corrected chi connectivity index (χ2v) is 5.52. The molecule has 1 aromatic carbocycles. The molecule has 0 saturated carbocycles. The summed E-state index contributed by atoms with van der Waals surface area (Å²) < 4.78 is 0. The first kappa shape index (κ1) is 20.7. The lowest BCUT2D eigenvalue weighted by Gasteiger charge is -2.14. The largest absolute Gasteiger partial charge is 0.114 e.